The van der Waals surface area contributed by atoms with E-state index >= 15 is 0 Å². The average molecular weight is 427 g/mol. The van der Waals surface area contributed by atoms with E-state index in [-0.39, 0.29) is 17.1 Å². The van der Waals surface area contributed by atoms with Gasteiger partial charge in [-0.05, 0) is 45.4 Å². The lowest BCUT2D eigenvalue weighted by Crippen LogP contribution is -2.16. The fourth-order valence-electron chi connectivity index (χ4n) is 3.14. The van der Waals surface area contributed by atoms with Crippen LogP contribution in [0.25, 0.3) is 0 Å². The first-order valence-electron chi connectivity index (χ1n) is 8.64. The second kappa shape index (κ2) is 7.21. The number of rotatable bonds is 5. The average Bonchev–Trinajstić information content (AvgIpc) is 3.08. The summed E-state index contributed by atoms with van der Waals surface area (Å²) in [5.41, 5.74) is 1.59. The number of aryl methyl sites for hydroxylation is 3. The molecule has 0 bridgehead atoms. The summed E-state index contributed by atoms with van der Waals surface area (Å²) in [6.07, 6.45) is -4.44. The van der Waals surface area contributed by atoms with Crippen molar-refractivity contribution in [2.45, 2.75) is 45.3 Å². The molecule has 2 N–H and O–H groups in total. The molecule has 0 saturated heterocycles. The van der Waals surface area contributed by atoms with E-state index in [1.807, 2.05) is 0 Å². The fraction of sp³-hybridized carbons (Fsp3) is 0.333. The van der Waals surface area contributed by atoms with Crippen molar-refractivity contribution >= 4 is 15.7 Å². The highest BCUT2D eigenvalue weighted by molar-refractivity contribution is 7.92. The van der Waals surface area contributed by atoms with Crippen LogP contribution in [0.1, 0.15) is 33.9 Å². The highest BCUT2D eigenvalue weighted by Crippen LogP contribution is 2.30. The van der Waals surface area contributed by atoms with Crippen molar-refractivity contribution in [3.63, 3.8) is 0 Å². The van der Waals surface area contributed by atoms with Crippen molar-refractivity contribution in [1.29, 1.82) is 0 Å². The van der Waals surface area contributed by atoms with Crippen LogP contribution in [0.5, 0.6) is 0 Å². The summed E-state index contributed by atoms with van der Waals surface area (Å²) >= 11 is 0. The van der Waals surface area contributed by atoms with Crippen LogP contribution in [0.3, 0.4) is 0 Å². The minimum atomic E-state index is -4.44. The van der Waals surface area contributed by atoms with Crippen molar-refractivity contribution in [2.24, 2.45) is 0 Å². The second-order valence-corrected chi connectivity index (χ2v) is 8.39. The Morgan fingerprint density at radius 2 is 1.83 bits per heavy atom. The lowest BCUT2D eigenvalue weighted by molar-refractivity contribution is -0.137. The Kier molecular flexibility index (Phi) is 5.20. The third kappa shape index (κ3) is 4.14. The van der Waals surface area contributed by atoms with Crippen LogP contribution in [-0.2, 0) is 22.7 Å². The lowest BCUT2D eigenvalue weighted by Gasteiger charge is -2.11. The Balaban J connectivity index is 1.92. The second-order valence-electron chi connectivity index (χ2n) is 6.77. The summed E-state index contributed by atoms with van der Waals surface area (Å²) in [5.74, 6) is 0. The molecule has 2 aromatic heterocycles. The topological polar surface area (TPSA) is 92.7 Å². The van der Waals surface area contributed by atoms with E-state index in [2.05, 4.69) is 20.0 Å². The molecule has 0 amide bonds. The first-order chi connectivity index (χ1) is 13.4. The molecular weight excluding hydrogens is 407 g/mol. The molecule has 1 aromatic carbocycles. The molecule has 0 aliphatic carbocycles. The van der Waals surface area contributed by atoms with E-state index in [9.17, 15) is 21.6 Å². The van der Waals surface area contributed by atoms with Crippen molar-refractivity contribution in [2.75, 3.05) is 4.72 Å². The number of alkyl halides is 3. The van der Waals surface area contributed by atoms with Crippen LogP contribution in [0.2, 0.25) is 0 Å². The largest absolute Gasteiger partial charge is 0.416 e. The predicted octanol–water partition coefficient (Wildman–Crippen LogP) is 3.71. The van der Waals surface area contributed by atoms with Crippen molar-refractivity contribution in [3.05, 3.63) is 58.2 Å². The molecular formula is C18H20F3N5O2S. The zero-order valence-corrected chi connectivity index (χ0v) is 17.0. The minimum absolute atomic E-state index is 0.0573. The molecule has 156 valence electrons. The quantitative estimate of drug-likeness (QED) is 0.649. The van der Waals surface area contributed by atoms with Crippen molar-refractivity contribution < 1.29 is 21.6 Å². The number of nitrogens with one attached hydrogen (secondary N) is 2. The van der Waals surface area contributed by atoms with Gasteiger partial charge in [0.05, 0.1) is 40.6 Å². The van der Waals surface area contributed by atoms with Gasteiger partial charge < -0.3 is 0 Å². The van der Waals surface area contributed by atoms with Gasteiger partial charge in [0.15, 0.2) is 0 Å². The molecule has 0 spiro atoms. The summed E-state index contributed by atoms with van der Waals surface area (Å²) in [7, 11) is -3.91. The molecule has 0 aliphatic rings. The Morgan fingerprint density at radius 3 is 2.41 bits per heavy atom. The number of benzene rings is 1. The maximum Gasteiger partial charge on any atom is 0.416 e. The summed E-state index contributed by atoms with van der Waals surface area (Å²) in [6.45, 7) is 6.53. The first-order valence-corrected chi connectivity index (χ1v) is 10.1. The number of nitrogens with zero attached hydrogens (tertiary/aromatic N) is 3. The number of aromatic amines is 1. The summed E-state index contributed by atoms with van der Waals surface area (Å²) < 4.78 is 68.4. The third-order valence-electron chi connectivity index (χ3n) is 4.53. The zero-order valence-electron chi connectivity index (χ0n) is 16.2. The van der Waals surface area contributed by atoms with Crippen LogP contribution < -0.4 is 4.72 Å². The van der Waals surface area contributed by atoms with Crippen LogP contribution in [-0.4, -0.2) is 28.4 Å². The molecule has 0 radical (unpaired) electrons. The van der Waals surface area contributed by atoms with E-state index < -0.39 is 21.8 Å². The predicted molar refractivity (Wildman–Crippen MR) is 101 cm³/mol. The molecule has 0 unspecified atom stereocenters. The van der Waals surface area contributed by atoms with Crippen LogP contribution in [0.4, 0.5) is 18.9 Å². The van der Waals surface area contributed by atoms with Crippen molar-refractivity contribution in [1.82, 2.24) is 20.0 Å². The smallest absolute Gasteiger partial charge is 0.281 e. The fourth-order valence-corrected chi connectivity index (χ4v) is 4.69. The molecule has 0 atom stereocenters. The molecule has 0 fully saturated rings. The summed E-state index contributed by atoms with van der Waals surface area (Å²) in [5, 5.41) is 10.8. The maximum absolute atomic E-state index is 12.9. The number of hydrogen-bond acceptors (Lipinski definition) is 4. The van der Waals surface area contributed by atoms with E-state index in [0.29, 0.717) is 28.3 Å². The van der Waals surface area contributed by atoms with E-state index in [4.69, 9.17) is 0 Å². The highest BCUT2D eigenvalue weighted by atomic mass is 32.2. The van der Waals surface area contributed by atoms with Gasteiger partial charge in [0, 0.05) is 0 Å². The first kappa shape index (κ1) is 20.9. The van der Waals surface area contributed by atoms with Crippen molar-refractivity contribution in [3.8, 4) is 0 Å². The number of sulfonamides is 1. The molecule has 3 aromatic rings. The SMILES string of the molecule is Cc1nn(Cc2cccc(C(F)(F)F)c2)c(C)c1NS(=O)(=O)c1c(C)n[nH]c1C. The zero-order chi connectivity index (χ0) is 21.6. The van der Waals surface area contributed by atoms with E-state index in [1.165, 1.54) is 10.7 Å². The Morgan fingerprint density at radius 1 is 1.14 bits per heavy atom. The van der Waals surface area contributed by atoms with Gasteiger partial charge in [-0.25, -0.2) is 8.42 Å². The van der Waals surface area contributed by atoms with Gasteiger partial charge in [0.2, 0.25) is 0 Å². The van der Waals surface area contributed by atoms with Crippen LogP contribution in [0.15, 0.2) is 29.2 Å². The molecule has 29 heavy (non-hydrogen) atoms. The minimum Gasteiger partial charge on any atom is -0.281 e. The molecule has 3 rings (SSSR count). The van der Waals surface area contributed by atoms with Gasteiger partial charge in [-0.1, -0.05) is 12.1 Å². The highest BCUT2D eigenvalue weighted by Gasteiger charge is 2.30. The Bertz CT molecular complexity index is 1140. The molecule has 0 aliphatic heterocycles. The van der Waals surface area contributed by atoms with Gasteiger partial charge in [0.25, 0.3) is 10.0 Å². The number of halogens is 3. The lowest BCUT2D eigenvalue weighted by atomic mass is 10.1. The van der Waals surface area contributed by atoms with Crippen LogP contribution >= 0.6 is 0 Å². The number of anilines is 1. The van der Waals surface area contributed by atoms with Gasteiger partial charge in [-0.3, -0.25) is 14.5 Å². The van der Waals surface area contributed by atoms with Gasteiger partial charge in [-0.2, -0.15) is 23.4 Å². The third-order valence-corrected chi connectivity index (χ3v) is 6.15. The van der Waals surface area contributed by atoms with Gasteiger partial charge in [-0.15, -0.1) is 0 Å². The summed E-state index contributed by atoms with van der Waals surface area (Å²) in [4.78, 5) is 0.0573. The molecule has 7 nitrogen and oxygen atoms in total. The normalized spacial score (nSPS) is 12.4. The van der Waals surface area contributed by atoms with Gasteiger partial charge in [0.1, 0.15) is 4.90 Å². The molecule has 11 heteroatoms. The maximum atomic E-state index is 12.9. The van der Waals surface area contributed by atoms with E-state index in [1.54, 1.807) is 33.8 Å². The summed E-state index contributed by atoms with van der Waals surface area (Å²) in [6, 6.07) is 4.95. The number of hydrogen-bond donors (Lipinski definition) is 2. The standard InChI is InChI=1S/C18H20F3N5O2S/c1-10-16(25-29(27,28)17-11(2)22-23-12(17)3)13(4)26(24-10)9-14-6-5-7-15(8-14)18(19,20)21/h5-8,25H,9H2,1-4H3,(H,22,23). The molecule has 2 heterocycles. The monoisotopic (exact) mass is 427 g/mol. The van der Waals surface area contributed by atoms with E-state index in [0.717, 1.165) is 12.1 Å². The number of H-pyrrole nitrogens is 1. The Hall–Kier alpha value is -2.82. The molecule has 0 saturated carbocycles. The number of aromatic nitrogens is 4. The van der Waals surface area contributed by atoms with Crippen LogP contribution in [0, 0.1) is 27.7 Å². The Labute approximate surface area is 166 Å². The van der Waals surface area contributed by atoms with Gasteiger partial charge >= 0.3 is 6.18 Å².